The van der Waals surface area contributed by atoms with Gasteiger partial charge in [-0.2, -0.15) is 5.10 Å². The summed E-state index contributed by atoms with van der Waals surface area (Å²) in [6, 6.07) is 5.93. The van der Waals surface area contributed by atoms with Crippen LogP contribution in [0.4, 0.5) is 4.39 Å². The molecule has 2 aromatic rings. The Morgan fingerprint density at radius 2 is 2.20 bits per heavy atom. The van der Waals surface area contributed by atoms with Crippen LogP contribution in [-0.2, 0) is 0 Å². The Balaban J connectivity index is 2.55. The summed E-state index contributed by atoms with van der Waals surface area (Å²) in [6.45, 7) is 1.45. The van der Waals surface area contributed by atoms with E-state index in [1.165, 1.54) is 31.3 Å². The quantitative estimate of drug-likeness (QED) is 0.763. The van der Waals surface area contributed by atoms with Crippen molar-refractivity contribution < 1.29 is 9.18 Å². The molecule has 0 bridgehead atoms. The van der Waals surface area contributed by atoms with Gasteiger partial charge in [0.15, 0.2) is 5.78 Å². The normalized spacial score (nSPS) is 10.3. The Hall–Kier alpha value is -1.97. The van der Waals surface area contributed by atoms with Crippen molar-refractivity contribution in [2.24, 2.45) is 0 Å². The predicted octanol–water partition coefficient (Wildman–Crippen LogP) is 2.42. The summed E-state index contributed by atoms with van der Waals surface area (Å²) in [6.07, 6.45) is 1.54. The number of nitrogens with one attached hydrogen (secondary N) is 1. The molecule has 1 aromatic carbocycles. The third-order valence-electron chi connectivity index (χ3n) is 2.16. The van der Waals surface area contributed by atoms with Crippen molar-refractivity contribution in [2.45, 2.75) is 6.92 Å². The maximum atomic E-state index is 13.4. The summed E-state index contributed by atoms with van der Waals surface area (Å²) >= 11 is 0. The fourth-order valence-corrected chi connectivity index (χ4v) is 1.36. The van der Waals surface area contributed by atoms with Gasteiger partial charge in [0.2, 0.25) is 0 Å². The standard InChI is InChI=1S/C11H9FN2O/c1-7(15)8-2-3-10(12)9(6-8)11-4-5-13-14-11/h2-6H,1H3,(H,13,14). The van der Waals surface area contributed by atoms with E-state index in [0.717, 1.165) is 0 Å². The summed E-state index contributed by atoms with van der Waals surface area (Å²) in [5, 5.41) is 6.40. The maximum absolute atomic E-state index is 13.4. The van der Waals surface area contributed by atoms with Gasteiger partial charge in [0.05, 0.1) is 5.69 Å². The Morgan fingerprint density at radius 1 is 1.40 bits per heavy atom. The minimum Gasteiger partial charge on any atom is -0.295 e. The average molecular weight is 204 g/mol. The lowest BCUT2D eigenvalue weighted by molar-refractivity contribution is 0.101. The van der Waals surface area contributed by atoms with Crippen LogP contribution in [0, 0.1) is 5.82 Å². The van der Waals surface area contributed by atoms with E-state index >= 15 is 0 Å². The van der Waals surface area contributed by atoms with Crippen molar-refractivity contribution in [3.05, 3.63) is 41.8 Å². The zero-order valence-corrected chi connectivity index (χ0v) is 8.12. The highest BCUT2D eigenvalue weighted by Gasteiger charge is 2.09. The second-order valence-corrected chi connectivity index (χ2v) is 3.22. The number of rotatable bonds is 2. The van der Waals surface area contributed by atoms with Gasteiger partial charge in [-0.1, -0.05) is 0 Å². The summed E-state index contributed by atoms with van der Waals surface area (Å²) in [5.74, 6) is -0.458. The lowest BCUT2D eigenvalue weighted by Crippen LogP contribution is -1.94. The third kappa shape index (κ3) is 1.79. The fourth-order valence-electron chi connectivity index (χ4n) is 1.36. The number of carbonyl (C=O) groups excluding carboxylic acids is 1. The molecule has 4 heteroatoms. The number of halogens is 1. The van der Waals surface area contributed by atoms with Crippen molar-refractivity contribution in [1.82, 2.24) is 10.2 Å². The topological polar surface area (TPSA) is 45.8 Å². The average Bonchev–Trinajstić information content (AvgIpc) is 2.71. The van der Waals surface area contributed by atoms with Gasteiger partial charge in [-0.3, -0.25) is 9.89 Å². The lowest BCUT2D eigenvalue weighted by Gasteiger charge is -2.02. The summed E-state index contributed by atoms with van der Waals surface area (Å²) in [5.41, 5.74) is 1.41. The van der Waals surface area contributed by atoms with Crippen LogP contribution < -0.4 is 0 Å². The van der Waals surface area contributed by atoms with Gasteiger partial charge in [-0.05, 0) is 31.2 Å². The van der Waals surface area contributed by atoms with Crippen molar-refractivity contribution in [2.75, 3.05) is 0 Å². The number of aromatic nitrogens is 2. The van der Waals surface area contributed by atoms with Crippen molar-refractivity contribution >= 4 is 5.78 Å². The molecule has 0 unspecified atom stereocenters. The molecule has 0 aliphatic heterocycles. The minimum atomic E-state index is -0.371. The second-order valence-electron chi connectivity index (χ2n) is 3.22. The Bertz CT molecular complexity index is 491. The first-order valence-corrected chi connectivity index (χ1v) is 4.48. The molecule has 0 aliphatic carbocycles. The molecule has 1 N–H and O–H groups in total. The zero-order chi connectivity index (χ0) is 10.8. The first kappa shape index (κ1) is 9.58. The van der Waals surface area contributed by atoms with Crippen LogP contribution >= 0.6 is 0 Å². The number of nitrogens with zero attached hydrogens (tertiary/aromatic N) is 1. The molecule has 0 atom stereocenters. The summed E-state index contributed by atoms with van der Waals surface area (Å²) < 4.78 is 13.4. The molecule has 0 saturated carbocycles. The SMILES string of the molecule is CC(=O)c1ccc(F)c(-c2ccn[nH]2)c1. The van der Waals surface area contributed by atoms with E-state index < -0.39 is 0 Å². The number of hydrogen-bond acceptors (Lipinski definition) is 2. The lowest BCUT2D eigenvalue weighted by atomic mass is 10.1. The molecule has 0 aliphatic rings. The number of ketones is 1. The number of H-pyrrole nitrogens is 1. The molecule has 0 spiro atoms. The highest BCUT2D eigenvalue weighted by molar-refractivity contribution is 5.95. The van der Waals surface area contributed by atoms with Crippen molar-refractivity contribution in [3.63, 3.8) is 0 Å². The van der Waals surface area contributed by atoms with Crippen molar-refractivity contribution in [1.29, 1.82) is 0 Å². The second kappa shape index (κ2) is 3.65. The van der Waals surface area contributed by atoms with E-state index in [1.54, 1.807) is 6.07 Å². The van der Waals surface area contributed by atoms with Gasteiger partial charge in [0.25, 0.3) is 0 Å². The molecule has 15 heavy (non-hydrogen) atoms. The van der Waals surface area contributed by atoms with Gasteiger partial charge >= 0.3 is 0 Å². The minimum absolute atomic E-state index is 0.0873. The monoisotopic (exact) mass is 204 g/mol. The first-order valence-electron chi connectivity index (χ1n) is 4.48. The van der Waals surface area contributed by atoms with Gasteiger partial charge < -0.3 is 0 Å². The smallest absolute Gasteiger partial charge is 0.159 e. The van der Waals surface area contributed by atoms with E-state index in [1.807, 2.05) is 0 Å². The molecule has 0 radical (unpaired) electrons. The number of aromatic amines is 1. The molecule has 1 heterocycles. The number of hydrogen-bond donors (Lipinski definition) is 1. The Labute approximate surface area is 85.9 Å². The van der Waals surface area contributed by atoms with Crippen LogP contribution in [0.1, 0.15) is 17.3 Å². The molecule has 0 saturated heterocycles. The molecular weight excluding hydrogens is 195 g/mol. The van der Waals surface area contributed by atoms with E-state index in [9.17, 15) is 9.18 Å². The largest absolute Gasteiger partial charge is 0.295 e. The first-order chi connectivity index (χ1) is 7.18. The molecule has 0 fully saturated rings. The Kier molecular flexibility index (Phi) is 2.33. The van der Waals surface area contributed by atoms with Crippen LogP contribution in [0.15, 0.2) is 30.5 Å². The van der Waals surface area contributed by atoms with Gasteiger partial charge in [0.1, 0.15) is 5.82 Å². The summed E-state index contributed by atoms with van der Waals surface area (Å²) in [4.78, 5) is 11.1. The molecular formula is C11H9FN2O. The Morgan fingerprint density at radius 3 is 2.80 bits per heavy atom. The van der Waals surface area contributed by atoms with Crippen LogP contribution in [0.3, 0.4) is 0 Å². The van der Waals surface area contributed by atoms with Gasteiger partial charge in [0, 0.05) is 17.3 Å². The molecule has 3 nitrogen and oxygen atoms in total. The van der Waals surface area contributed by atoms with Crippen molar-refractivity contribution in [3.8, 4) is 11.3 Å². The predicted molar refractivity (Wildman–Crippen MR) is 54.0 cm³/mol. The van der Waals surface area contributed by atoms with Gasteiger partial charge in [-0.15, -0.1) is 0 Å². The molecule has 2 rings (SSSR count). The molecule has 76 valence electrons. The van der Waals surface area contributed by atoms with E-state index in [-0.39, 0.29) is 11.6 Å². The van der Waals surface area contributed by atoms with Crippen LogP contribution in [-0.4, -0.2) is 16.0 Å². The van der Waals surface area contributed by atoms with Gasteiger partial charge in [-0.25, -0.2) is 4.39 Å². The molecule has 1 aromatic heterocycles. The van der Waals surface area contributed by atoms with E-state index in [4.69, 9.17) is 0 Å². The van der Waals surface area contributed by atoms with Crippen LogP contribution in [0.5, 0.6) is 0 Å². The third-order valence-corrected chi connectivity index (χ3v) is 2.16. The van der Waals surface area contributed by atoms with Crippen LogP contribution in [0.2, 0.25) is 0 Å². The van der Waals surface area contributed by atoms with Crippen LogP contribution in [0.25, 0.3) is 11.3 Å². The maximum Gasteiger partial charge on any atom is 0.159 e. The van der Waals surface area contributed by atoms with E-state index in [2.05, 4.69) is 10.2 Å². The highest BCUT2D eigenvalue weighted by atomic mass is 19.1. The number of carbonyl (C=O) groups is 1. The fraction of sp³-hybridized carbons (Fsp3) is 0.0909. The van der Waals surface area contributed by atoms with E-state index in [0.29, 0.717) is 16.8 Å². The highest BCUT2D eigenvalue weighted by Crippen LogP contribution is 2.21. The zero-order valence-electron chi connectivity index (χ0n) is 8.12. The molecule has 0 amide bonds. The number of Topliss-reactive ketones (excluding diaryl/α,β-unsaturated/α-hetero) is 1. The number of benzene rings is 1. The summed E-state index contributed by atoms with van der Waals surface area (Å²) in [7, 11) is 0.